The topological polar surface area (TPSA) is 21.3 Å². The SMILES string of the molecule is CCO[Si](C)(C)CNCC(C)C. The van der Waals surface area contributed by atoms with Gasteiger partial charge in [0, 0.05) is 12.8 Å². The molecule has 0 heterocycles. The first-order valence-corrected chi connectivity index (χ1v) is 7.94. The highest BCUT2D eigenvalue weighted by Gasteiger charge is 2.20. The Morgan fingerprint density at radius 2 is 1.92 bits per heavy atom. The van der Waals surface area contributed by atoms with Crippen LogP contribution in [0.1, 0.15) is 20.8 Å². The van der Waals surface area contributed by atoms with Crippen LogP contribution in [-0.4, -0.2) is 27.6 Å². The molecule has 0 aliphatic heterocycles. The molecule has 0 amide bonds. The average molecular weight is 189 g/mol. The van der Waals surface area contributed by atoms with E-state index < -0.39 is 8.32 Å². The van der Waals surface area contributed by atoms with Gasteiger partial charge in [0.15, 0.2) is 8.32 Å². The van der Waals surface area contributed by atoms with Crippen molar-refractivity contribution in [3.63, 3.8) is 0 Å². The lowest BCUT2D eigenvalue weighted by Gasteiger charge is -2.22. The second kappa shape index (κ2) is 5.73. The number of hydrogen-bond donors (Lipinski definition) is 1. The Morgan fingerprint density at radius 3 is 2.33 bits per heavy atom. The summed E-state index contributed by atoms with van der Waals surface area (Å²) in [6.07, 6.45) is 1.07. The van der Waals surface area contributed by atoms with Gasteiger partial charge in [-0.1, -0.05) is 13.8 Å². The van der Waals surface area contributed by atoms with Crippen molar-refractivity contribution in [2.45, 2.75) is 33.9 Å². The summed E-state index contributed by atoms with van der Waals surface area (Å²) >= 11 is 0. The average Bonchev–Trinajstić information content (AvgIpc) is 1.85. The van der Waals surface area contributed by atoms with E-state index in [4.69, 9.17) is 4.43 Å². The van der Waals surface area contributed by atoms with Crippen molar-refractivity contribution < 1.29 is 4.43 Å². The fraction of sp³-hybridized carbons (Fsp3) is 1.00. The highest BCUT2D eigenvalue weighted by molar-refractivity contribution is 6.71. The fourth-order valence-corrected chi connectivity index (χ4v) is 2.73. The van der Waals surface area contributed by atoms with Crippen LogP contribution in [0.15, 0.2) is 0 Å². The second-order valence-electron chi connectivity index (χ2n) is 4.22. The van der Waals surface area contributed by atoms with Crippen LogP contribution in [0.5, 0.6) is 0 Å². The molecule has 1 N–H and O–H groups in total. The van der Waals surface area contributed by atoms with E-state index in [0.29, 0.717) is 0 Å². The zero-order valence-electron chi connectivity index (χ0n) is 9.11. The zero-order chi connectivity index (χ0) is 9.61. The van der Waals surface area contributed by atoms with Gasteiger partial charge in [-0.05, 0) is 32.5 Å². The molecule has 0 rings (SSSR count). The predicted molar refractivity (Wildman–Crippen MR) is 56.8 cm³/mol. The van der Waals surface area contributed by atoms with E-state index in [1.807, 2.05) is 0 Å². The van der Waals surface area contributed by atoms with Gasteiger partial charge in [-0.15, -0.1) is 0 Å². The number of rotatable bonds is 6. The van der Waals surface area contributed by atoms with Crippen molar-refractivity contribution in [1.82, 2.24) is 5.32 Å². The van der Waals surface area contributed by atoms with Gasteiger partial charge in [0.25, 0.3) is 0 Å². The molecule has 74 valence electrons. The molecule has 0 fully saturated rings. The molecule has 0 saturated carbocycles. The Hall–Kier alpha value is 0.137. The van der Waals surface area contributed by atoms with Gasteiger partial charge < -0.3 is 9.74 Å². The van der Waals surface area contributed by atoms with Crippen LogP contribution in [0.2, 0.25) is 13.1 Å². The van der Waals surface area contributed by atoms with Crippen molar-refractivity contribution in [3.8, 4) is 0 Å². The molecular formula is C9H23NOSi. The van der Waals surface area contributed by atoms with Crippen LogP contribution in [0.3, 0.4) is 0 Å². The summed E-state index contributed by atoms with van der Waals surface area (Å²) in [6.45, 7) is 13.0. The van der Waals surface area contributed by atoms with Crippen LogP contribution in [0.4, 0.5) is 0 Å². The van der Waals surface area contributed by atoms with E-state index in [9.17, 15) is 0 Å². The third-order valence-electron chi connectivity index (χ3n) is 1.64. The van der Waals surface area contributed by atoms with Crippen molar-refractivity contribution in [2.24, 2.45) is 5.92 Å². The number of nitrogens with one attached hydrogen (secondary N) is 1. The van der Waals surface area contributed by atoms with Crippen LogP contribution in [0, 0.1) is 5.92 Å². The molecule has 0 aliphatic rings. The molecule has 12 heavy (non-hydrogen) atoms. The van der Waals surface area contributed by atoms with Gasteiger partial charge in [0.05, 0.1) is 0 Å². The minimum atomic E-state index is -1.38. The summed E-state index contributed by atoms with van der Waals surface area (Å²) in [4.78, 5) is 0. The van der Waals surface area contributed by atoms with Gasteiger partial charge in [0.1, 0.15) is 0 Å². The van der Waals surface area contributed by atoms with Crippen molar-refractivity contribution in [3.05, 3.63) is 0 Å². The minimum absolute atomic E-state index is 0.733. The summed E-state index contributed by atoms with van der Waals surface area (Å²) in [6, 6.07) is 0. The van der Waals surface area contributed by atoms with Crippen molar-refractivity contribution in [1.29, 1.82) is 0 Å². The summed E-state index contributed by atoms with van der Waals surface area (Å²) in [5.41, 5.74) is 0. The van der Waals surface area contributed by atoms with Gasteiger partial charge >= 0.3 is 0 Å². The van der Waals surface area contributed by atoms with Gasteiger partial charge in [-0.3, -0.25) is 0 Å². The largest absolute Gasteiger partial charge is 0.416 e. The monoisotopic (exact) mass is 189 g/mol. The number of hydrogen-bond acceptors (Lipinski definition) is 2. The summed E-state index contributed by atoms with van der Waals surface area (Å²) in [5.74, 6) is 0.733. The Morgan fingerprint density at radius 1 is 1.33 bits per heavy atom. The van der Waals surface area contributed by atoms with Crippen molar-refractivity contribution >= 4 is 8.32 Å². The molecule has 0 bridgehead atoms. The van der Waals surface area contributed by atoms with Gasteiger partial charge in [-0.2, -0.15) is 0 Å². The summed E-state index contributed by atoms with van der Waals surface area (Å²) < 4.78 is 5.69. The third-order valence-corrected chi connectivity index (χ3v) is 3.81. The molecule has 0 unspecified atom stereocenters. The molecule has 0 aromatic rings. The molecule has 0 aliphatic carbocycles. The molecular weight excluding hydrogens is 166 g/mol. The van der Waals surface area contributed by atoms with E-state index in [1.165, 1.54) is 0 Å². The van der Waals surface area contributed by atoms with Crippen LogP contribution in [0.25, 0.3) is 0 Å². The maximum atomic E-state index is 5.69. The smallest absolute Gasteiger partial charge is 0.200 e. The Kier molecular flexibility index (Phi) is 5.79. The van der Waals surface area contributed by atoms with E-state index in [0.717, 1.165) is 25.2 Å². The zero-order valence-corrected chi connectivity index (χ0v) is 10.1. The van der Waals surface area contributed by atoms with Crippen LogP contribution >= 0.6 is 0 Å². The second-order valence-corrected chi connectivity index (χ2v) is 8.38. The quantitative estimate of drug-likeness (QED) is 0.645. The van der Waals surface area contributed by atoms with E-state index in [2.05, 4.69) is 39.2 Å². The lowest BCUT2D eigenvalue weighted by molar-refractivity contribution is 0.326. The highest BCUT2D eigenvalue weighted by Crippen LogP contribution is 2.01. The maximum Gasteiger partial charge on any atom is 0.200 e. The minimum Gasteiger partial charge on any atom is -0.416 e. The Balaban J connectivity index is 3.46. The lowest BCUT2D eigenvalue weighted by Crippen LogP contribution is -2.43. The predicted octanol–water partition coefficient (Wildman–Crippen LogP) is 2.01. The van der Waals surface area contributed by atoms with E-state index in [1.54, 1.807) is 0 Å². The first-order chi connectivity index (χ1) is 5.48. The molecule has 0 aromatic heterocycles. The Labute approximate surface area is 77.8 Å². The molecule has 0 atom stereocenters. The van der Waals surface area contributed by atoms with Crippen LogP contribution in [-0.2, 0) is 4.43 Å². The first-order valence-electron chi connectivity index (χ1n) is 4.82. The van der Waals surface area contributed by atoms with Gasteiger partial charge in [-0.25, -0.2) is 0 Å². The molecule has 0 saturated heterocycles. The highest BCUT2D eigenvalue weighted by atomic mass is 28.4. The summed E-state index contributed by atoms with van der Waals surface area (Å²) in [5, 5.41) is 3.45. The summed E-state index contributed by atoms with van der Waals surface area (Å²) in [7, 11) is -1.38. The van der Waals surface area contributed by atoms with E-state index >= 15 is 0 Å². The molecule has 2 nitrogen and oxygen atoms in total. The lowest BCUT2D eigenvalue weighted by atomic mass is 10.2. The molecule has 3 heteroatoms. The fourth-order valence-electron chi connectivity index (χ4n) is 1.10. The third kappa shape index (κ3) is 6.82. The Bertz CT molecular complexity index is 115. The standard InChI is InChI=1S/C9H23NOSi/c1-6-11-12(4,5)8-10-7-9(2)3/h9-10H,6-8H2,1-5H3. The van der Waals surface area contributed by atoms with Crippen molar-refractivity contribution in [2.75, 3.05) is 19.3 Å². The van der Waals surface area contributed by atoms with Gasteiger partial charge in [0.2, 0.25) is 0 Å². The normalized spacial score (nSPS) is 12.5. The first kappa shape index (κ1) is 12.1. The maximum absolute atomic E-state index is 5.69. The molecule has 0 spiro atoms. The van der Waals surface area contributed by atoms with E-state index in [-0.39, 0.29) is 0 Å². The molecule has 0 aromatic carbocycles. The van der Waals surface area contributed by atoms with Crippen LogP contribution < -0.4 is 5.32 Å². The molecule has 0 radical (unpaired) electrons.